The quantitative estimate of drug-likeness (QED) is 0.866. The van der Waals surface area contributed by atoms with Crippen molar-refractivity contribution in [2.45, 2.75) is 6.42 Å². The predicted octanol–water partition coefficient (Wildman–Crippen LogP) is 2.80. The van der Waals surface area contributed by atoms with E-state index in [0.29, 0.717) is 12.3 Å². The number of hydrogen-bond acceptors (Lipinski definition) is 3. The van der Waals surface area contributed by atoms with Crippen LogP contribution in [0.1, 0.15) is 6.42 Å². The van der Waals surface area contributed by atoms with Gasteiger partial charge in [-0.3, -0.25) is 4.79 Å². The minimum absolute atomic E-state index is 0.123. The minimum atomic E-state index is -0.151. The predicted molar refractivity (Wildman–Crippen MR) is 73.3 cm³/mol. The van der Waals surface area contributed by atoms with Gasteiger partial charge in [0, 0.05) is 11.8 Å². The van der Waals surface area contributed by atoms with Crippen molar-refractivity contribution < 1.29 is 14.6 Å². The molecule has 2 aromatic carbocycles. The van der Waals surface area contributed by atoms with Crippen LogP contribution in [0.25, 0.3) is 0 Å². The Morgan fingerprint density at radius 1 is 1.11 bits per heavy atom. The zero-order chi connectivity index (χ0) is 13.5. The third kappa shape index (κ3) is 4.35. The maximum Gasteiger partial charge on any atom is 0.227 e. The van der Waals surface area contributed by atoms with Gasteiger partial charge < -0.3 is 15.2 Å². The number of aromatic hydroxyl groups is 1. The summed E-state index contributed by atoms with van der Waals surface area (Å²) in [6.45, 7) is 0.314. The second-order valence-electron chi connectivity index (χ2n) is 4.01. The van der Waals surface area contributed by atoms with Gasteiger partial charge in [0.05, 0.1) is 13.0 Å². The van der Waals surface area contributed by atoms with Gasteiger partial charge in [0.15, 0.2) is 0 Å². The highest BCUT2D eigenvalue weighted by Crippen LogP contribution is 2.15. The molecular weight excluding hydrogens is 242 g/mol. The van der Waals surface area contributed by atoms with Crippen molar-refractivity contribution >= 4 is 11.6 Å². The van der Waals surface area contributed by atoms with E-state index in [1.165, 1.54) is 6.07 Å². The van der Waals surface area contributed by atoms with Gasteiger partial charge in [-0.15, -0.1) is 0 Å². The number of hydrogen-bond donors (Lipinski definition) is 2. The summed E-state index contributed by atoms with van der Waals surface area (Å²) in [5, 5.41) is 12.0. The molecule has 98 valence electrons. The number of benzene rings is 2. The van der Waals surface area contributed by atoms with Gasteiger partial charge in [-0.2, -0.15) is 0 Å². The summed E-state index contributed by atoms with van der Waals surface area (Å²) in [7, 11) is 0. The van der Waals surface area contributed by atoms with E-state index in [1.807, 2.05) is 30.3 Å². The lowest BCUT2D eigenvalue weighted by atomic mass is 10.3. The smallest absolute Gasteiger partial charge is 0.227 e. The molecule has 0 aromatic heterocycles. The van der Waals surface area contributed by atoms with Crippen LogP contribution in [0.5, 0.6) is 11.5 Å². The molecule has 1 amide bonds. The normalized spacial score (nSPS) is 9.89. The lowest BCUT2D eigenvalue weighted by molar-refractivity contribution is -0.116. The zero-order valence-electron chi connectivity index (χ0n) is 10.4. The fourth-order valence-electron chi connectivity index (χ4n) is 1.59. The molecule has 0 saturated carbocycles. The first-order chi connectivity index (χ1) is 9.24. The van der Waals surface area contributed by atoms with Gasteiger partial charge >= 0.3 is 0 Å². The molecule has 0 radical (unpaired) electrons. The highest BCUT2D eigenvalue weighted by atomic mass is 16.5. The largest absolute Gasteiger partial charge is 0.508 e. The number of para-hydroxylation sites is 1. The first-order valence-electron chi connectivity index (χ1n) is 6.01. The molecule has 0 fully saturated rings. The maximum atomic E-state index is 11.6. The summed E-state index contributed by atoms with van der Waals surface area (Å²) in [5.74, 6) is 0.715. The molecule has 0 aliphatic rings. The van der Waals surface area contributed by atoms with Crippen LogP contribution >= 0.6 is 0 Å². The van der Waals surface area contributed by atoms with Gasteiger partial charge in [-0.1, -0.05) is 24.3 Å². The Hall–Kier alpha value is -2.49. The summed E-state index contributed by atoms with van der Waals surface area (Å²) in [4.78, 5) is 11.6. The summed E-state index contributed by atoms with van der Waals surface area (Å²) in [6, 6.07) is 15.8. The molecule has 2 N–H and O–H groups in total. The van der Waals surface area contributed by atoms with Gasteiger partial charge in [0.25, 0.3) is 0 Å². The number of nitrogens with one attached hydrogen (secondary N) is 1. The molecule has 0 atom stereocenters. The number of rotatable bonds is 5. The van der Waals surface area contributed by atoms with Gasteiger partial charge in [0.2, 0.25) is 5.91 Å². The first-order valence-corrected chi connectivity index (χ1v) is 6.01. The number of phenols is 1. The number of amides is 1. The van der Waals surface area contributed by atoms with E-state index < -0.39 is 0 Å². The SMILES string of the molecule is O=C(CCOc1ccccc1)Nc1cccc(O)c1. The molecule has 0 saturated heterocycles. The zero-order valence-corrected chi connectivity index (χ0v) is 10.4. The molecule has 0 aliphatic carbocycles. The molecular formula is C15H15NO3. The molecule has 0 spiro atoms. The van der Waals surface area contributed by atoms with E-state index >= 15 is 0 Å². The van der Waals surface area contributed by atoms with Crippen molar-refractivity contribution in [1.82, 2.24) is 0 Å². The van der Waals surface area contributed by atoms with Crippen molar-refractivity contribution in [3.05, 3.63) is 54.6 Å². The Kier molecular flexibility index (Phi) is 4.39. The van der Waals surface area contributed by atoms with Crippen LogP contribution in [-0.2, 0) is 4.79 Å². The Bertz CT molecular complexity index is 540. The fraction of sp³-hybridized carbons (Fsp3) is 0.133. The molecule has 4 nitrogen and oxygen atoms in total. The van der Waals surface area contributed by atoms with Gasteiger partial charge in [-0.05, 0) is 24.3 Å². The molecule has 2 aromatic rings. The van der Waals surface area contributed by atoms with Gasteiger partial charge in [-0.25, -0.2) is 0 Å². The van der Waals surface area contributed by atoms with E-state index in [1.54, 1.807) is 18.2 Å². The number of phenolic OH excluding ortho intramolecular Hbond substituents is 1. The number of ether oxygens (including phenoxy) is 1. The molecule has 0 heterocycles. The molecule has 0 bridgehead atoms. The summed E-state index contributed by atoms with van der Waals surface area (Å²) < 4.78 is 5.43. The lowest BCUT2D eigenvalue weighted by Gasteiger charge is -2.07. The van der Waals surface area contributed by atoms with E-state index in [2.05, 4.69) is 5.32 Å². The van der Waals surface area contributed by atoms with Crippen molar-refractivity contribution in [3.63, 3.8) is 0 Å². The minimum Gasteiger partial charge on any atom is -0.508 e. The molecule has 2 rings (SSSR count). The molecule has 0 unspecified atom stereocenters. The Morgan fingerprint density at radius 2 is 1.89 bits per heavy atom. The maximum absolute atomic E-state index is 11.6. The monoisotopic (exact) mass is 257 g/mol. The van der Waals surface area contributed by atoms with Gasteiger partial charge in [0.1, 0.15) is 11.5 Å². The van der Waals surface area contributed by atoms with Crippen LogP contribution in [0.2, 0.25) is 0 Å². The molecule has 0 aliphatic heterocycles. The number of carbonyl (C=O) groups excluding carboxylic acids is 1. The van der Waals surface area contributed by atoms with Crippen LogP contribution in [0.15, 0.2) is 54.6 Å². The van der Waals surface area contributed by atoms with Crippen LogP contribution in [0, 0.1) is 0 Å². The molecule has 19 heavy (non-hydrogen) atoms. The van der Waals surface area contributed by atoms with Crippen molar-refractivity contribution in [3.8, 4) is 11.5 Å². The number of anilines is 1. The first kappa shape index (κ1) is 13.0. The van der Waals surface area contributed by atoms with E-state index in [9.17, 15) is 9.90 Å². The average Bonchev–Trinajstić information content (AvgIpc) is 2.40. The van der Waals surface area contributed by atoms with Crippen molar-refractivity contribution in [1.29, 1.82) is 0 Å². The van der Waals surface area contributed by atoms with Crippen LogP contribution in [0.3, 0.4) is 0 Å². The van der Waals surface area contributed by atoms with E-state index in [0.717, 1.165) is 5.75 Å². The third-order valence-electron chi connectivity index (χ3n) is 2.47. The summed E-state index contributed by atoms with van der Waals surface area (Å²) in [5.41, 5.74) is 0.574. The van der Waals surface area contributed by atoms with Crippen molar-refractivity contribution in [2.75, 3.05) is 11.9 Å². The van der Waals surface area contributed by atoms with E-state index in [-0.39, 0.29) is 18.1 Å². The Balaban J connectivity index is 1.76. The summed E-state index contributed by atoms with van der Waals surface area (Å²) >= 11 is 0. The highest BCUT2D eigenvalue weighted by Gasteiger charge is 2.03. The van der Waals surface area contributed by atoms with Crippen LogP contribution < -0.4 is 10.1 Å². The lowest BCUT2D eigenvalue weighted by Crippen LogP contribution is -2.15. The Morgan fingerprint density at radius 3 is 2.63 bits per heavy atom. The second-order valence-corrected chi connectivity index (χ2v) is 4.01. The fourth-order valence-corrected chi connectivity index (χ4v) is 1.59. The van der Waals surface area contributed by atoms with E-state index in [4.69, 9.17) is 4.74 Å². The van der Waals surface area contributed by atoms with Crippen LogP contribution in [0.4, 0.5) is 5.69 Å². The van der Waals surface area contributed by atoms with Crippen LogP contribution in [-0.4, -0.2) is 17.6 Å². The topological polar surface area (TPSA) is 58.6 Å². The number of carbonyl (C=O) groups is 1. The molecule has 4 heteroatoms. The van der Waals surface area contributed by atoms with Crippen molar-refractivity contribution in [2.24, 2.45) is 0 Å². The second kappa shape index (κ2) is 6.44. The standard InChI is InChI=1S/C15H15NO3/c17-13-6-4-5-12(11-13)16-15(18)9-10-19-14-7-2-1-3-8-14/h1-8,11,17H,9-10H2,(H,16,18). The summed E-state index contributed by atoms with van der Waals surface area (Å²) in [6.07, 6.45) is 0.255. The average molecular weight is 257 g/mol. The Labute approximate surface area is 111 Å². The highest BCUT2D eigenvalue weighted by molar-refractivity contribution is 5.90. The third-order valence-corrected chi connectivity index (χ3v) is 2.47.